The van der Waals surface area contributed by atoms with Crippen LogP contribution in [-0.4, -0.2) is 54.2 Å². The number of rotatable bonds is 5. The molecule has 1 aromatic carbocycles. The topological polar surface area (TPSA) is 26.7 Å². The zero-order valence-electron chi connectivity index (χ0n) is 13.7. The minimum Gasteiger partial charge on any atom is -0.395 e. The number of halogens is 3. The number of aryl methyl sites for hydroxylation is 1. The van der Waals surface area contributed by atoms with Crippen molar-refractivity contribution in [3.63, 3.8) is 0 Å². The summed E-state index contributed by atoms with van der Waals surface area (Å²) < 4.78 is 38.3. The van der Waals surface area contributed by atoms with Crippen molar-refractivity contribution >= 4 is 0 Å². The number of aliphatic hydroxyl groups excluding tert-OH is 1. The Morgan fingerprint density at radius 1 is 1.26 bits per heavy atom. The van der Waals surface area contributed by atoms with Gasteiger partial charge in [0, 0.05) is 19.1 Å². The molecule has 0 saturated carbocycles. The summed E-state index contributed by atoms with van der Waals surface area (Å²) >= 11 is 0. The van der Waals surface area contributed by atoms with Gasteiger partial charge in [0.2, 0.25) is 0 Å². The molecular formula is C17H25F3N2O. The Morgan fingerprint density at radius 3 is 2.43 bits per heavy atom. The van der Waals surface area contributed by atoms with Gasteiger partial charge >= 0.3 is 6.18 Å². The second-order valence-electron chi connectivity index (χ2n) is 6.37. The second kappa shape index (κ2) is 7.64. The molecule has 0 radical (unpaired) electrons. The number of aliphatic hydroxyl groups is 1. The maximum absolute atomic E-state index is 12.8. The van der Waals surface area contributed by atoms with Gasteiger partial charge in [-0.15, -0.1) is 0 Å². The van der Waals surface area contributed by atoms with E-state index in [1.54, 1.807) is 13.0 Å². The summed E-state index contributed by atoms with van der Waals surface area (Å²) in [6, 6.07) is 4.30. The van der Waals surface area contributed by atoms with Crippen LogP contribution in [0.2, 0.25) is 0 Å². The van der Waals surface area contributed by atoms with E-state index in [4.69, 9.17) is 0 Å². The first-order valence-electron chi connectivity index (χ1n) is 8.01. The van der Waals surface area contributed by atoms with Gasteiger partial charge in [0.25, 0.3) is 0 Å². The van der Waals surface area contributed by atoms with E-state index in [-0.39, 0.29) is 6.61 Å². The fourth-order valence-corrected chi connectivity index (χ4v) is 3.15. The van der Waals surface area contributed by atoms with Crippen molar-refractivity contribution in [1.82, 2.24) is 9.80 Å². The second-order valence-corrected chi connectivity index (χ2v) is 6.37. The highest BCUT2D eigenvalue weighted by atomic mass is 19.4. The van der Waals surface area contributed by atoms with Crippen molar-refractivity contribution in [1.29, 1.82) is 0 Å². The highest BCUT2D eigenvalue weighted by Crippen LogP contribution is 2.31. The van der Waals surface area contributed by atoms with E-state index in [9.17, 15) is 18.3 Å². The van der Waals surface area contributed by atoms with Gasteiger partial charge in [0.1, 0.15) is 0 Å². The molecule has 0 unspecified atom stereocenters. The molecule has 1 heterocycles. The Bertz CT molecular complexity index is 511. The Morgan fingerprint density at radius 2 is 1.91 bits per heavy atom. The van der Waals surface area contributed by atoms with Crippen molar-refractivity contribution in [3.8, 4) is 0 Å². The van der Waals surface area contributed by atoms with E-state index >= 15 is 0 Å². The summed E-state index contributed by atoms with van der Waals surface area (Å²) in [5.41, 5.74) is 0.938. The molecule has 130 valence electrons. The molecule has 6 heteroatoms. The minimum absolute atomic E-state index is 0.0615. The Balaban J connectivity index is 2.10. The summed E-state index contributed by atoms with van der Waals surface area (Å²) in [6.07, 6.45) is -2.26. The molecule has 1 saturated heterocycles. The van der Waals surface area contributed by atoms with Crippen LogP contribution < -0.4 is 0 Å². The van der Waals surface area contributed by atoms with Crippen molar-refractivity contribution in [2.45, 2.75) is 38.5 Å². The van der Waals surface area contributed by atoms with Crippen molar-refractivity contribution < 1.29 is 18.3 Å². The van der Waals surface area contributed by atoms with Crippen molar-refractivity contribution in [3.05, 3.63) is 34.9 Å². The lowest BCUT2D eigenvalue weighted by atomic mass is 10.00. The van der Waals surface area contributed by atoms with Crippen LogP contribution in [-0.2, 0) is 12.7 Å². The molecule has 3 nitrogen and oxygen atoms in total. The molecule has 1 fully saturated rings. The first kappa shape index (κ1) is 18.2. The number of benzene rings is 1. The normalized spacial score (nSPS) is 17.9. The summed E-state index contributed by atoms with van der Waals surface area (Å²) in [4.78, 5) is 4.47. The fraction of sp³-hybridized carbons (Fsp3) is 0.647. The van der Waals surface area contributed by atoms with Crippen LogP contribution >= 0.6 is 0 Å². The average Bonchev–Trinajstić information content (AvgIpc) is 2.48. The third kappa shape index (κ3) is 4.93. The van der Waals surface area contributed by atoms with Crippen LogP contribution in [0.5, 0.6) is 0 Å². The smallest absolute Gasteiger partial charge is 0.395 e. The molecular weight excluding hydrogens is 305 g/mol. The predicted octanol–water partition coefficient (Wildman–Crippen LogP) is 2.90. The lowest BCUT2D eigenvalue weighted by Crippen LogP contribution is -2.44. The monoisotopic (exact) mass is 330 g/mol. The summed E-state index contributed by atoms with van der Waals surface area (Å²) in [6.45, 7) is 4.94. The highest BCUT2D eigenvalue weighted by molar-refractivity contribution is 5.32. The fourth-order valence-electron chi connectivity index (χ4n) is 3.15. The van der Waals surface area contributed by atoms with Crippen LogP contribution in [0.1, 0.15) is 29.5 Å². The Kier molecular flexibility index (Phi) is 6.06. The van der Waals surface area contributed by atoms with Crippen molar-refractivity contribution in [2.24, 2.45) is 0 Å². The van der Waals surface area contributed by atoms with Gasteiger partial charge in [-0.05, 0) is 63.2 Å². The van der Waals surface area contributed by atoms with E-state index in [1.807, 2.05) is 0 Å². The molecule has 0 amide bonds. The number of hydrogen-bond acceptors (Lipinski definition) is 3. The summed E-state index contributed by atoms with van der Waals surface area (Å²) in [5, 5.41) is 9.32. The van der Waals surface area contributed by atoms with Gasteiger partial charge in [0.05, 0.1) is 12.2 Å². The number of hydrogen-bond donors (Lipinski definition) is 1. The summed E-state index contributed by atoms with van der Waals surface area (Å²) in [5.74, 6) is 0. The molecule has 0 aliphatic carbocycles. The van der Waals surface area contributed by atoms with E-state index in [1.165, 1.54) is 6.07 Å². The number of piperidine rings is 1. The van der Waals surface area contributed by atoms with Gasteiger partial charge in [-0.1, -0.05) is 6.07 Å². The number of nitrogens with zero attached hydrogens (tertiary/aromatic N) is 2. The molecule has 1 aromatic rings. The van der Waals surface area contributed by atoms with Gasteiger partial charge in [-0.3, -0.25) is 4.90 Å². The molecule has 0 spiro atoms. The third-order valence-corrected chi connectivity index (χ3v) is 4.64. The first-order chi connectivity index (χ1) is 10.8. The zero-order valence-corrected chi connectivity index (χ0v) is 13.7. The van der Waals surface area contributed by atoms with Gasteiger partial charge in [-0.2, -0.15) is 13.2 Å². The first-order valence-corrected chi connectivity index (χ1v) is 8.01. The minimum atomic E-state index is -4.30. The lowest BCUT2D eigenvalue weighted by Gasteiger charge is -2.37. The Hall–Kier alpha value is -1.11. The standard InChI is InChI=1S/C17H25F3N2O/c1-13-11-15(17(18,19)20)4-3-14(13)12-22(9-10-23)16-5-7-21(2)8-6-16/h3-4,11,16,23H,5-10,12H2,1-2H3. The number of likely N-dealkylation sites (tertiary alicyclic amines) is 1. The van der Waals surface area contributed by atoms with Crippen LogP contribution in [0.4, 0.5) is 13.2 Å². The van der Waals surface area contributed by atoms with Gasteiger partial charge in [-0.25, -0.2) is 0 Å². The molecule has 23 heavy (non-hydrogen) atoms. The molecule has 1 aliphatic heterocycles. The van der Waals surface area contributed by atoms with Crippen LogP contribution in [0.3, 0.4) is 0 Å². The van der Waals surface area contributed by atoms with Crippen LogP contribution in [0.15, 0.2) is 18.2 Å². The van der Waals surface area contributed by atoms with Crippen molar-refractivity contribution in [2.75, 3.05) is 33.3 Å². The molecule has 0 bridgehead atoms. The average molecular weight is 330 g/mol. The number of alkyl halides is 3. The van der Waals surface area contributed by atoms with E-state index in [0.717, 1.165) is 37.6 Å². The summed E-state index contributed by atoms with van der Waals surface area (Å²) in [7, 11) is 2.09. The third-order valence-electron chi connectivity index (χ3n) is 4.64. The van der Waals surface area contributed by atoms with E-state index < -0.39 is 11.7 Å². The predicted molar refractivity (Wildman–Crippen MR) is 84.2 cm³/mol. The molecule has 2 rings (SSSR count). The SMILES string of the molecule is Cc1cc(C(F)(F)F)ccc1CN(CCO)C1CCN(C)CC1. The molecule has 1 N–H and O–H groups in total. The van der Waals surface area contributed by atoms with Crippen LogP contribution in [0.25, 0.3) is 0 Å². The largest absolute Gasteiger partial charge is 0.416 e. The lowest BCUT2D eigenvalue weighted by molar-refractivity contribution is -0.137. The van der Waals surface area contributed by atoms with E-state index in [0.29, 0.717) is 24.7 Å². The maximum atomic E-state index is 12.8. The highest BCUT2D eigenvalue weighted by Gasteiger charge is 2.31. The molecule has 1 aliphatic rings. The Labute approximate surface area is 135 Å². The van der Waals surface area contributed by atoms with Gasteiger partial charge in [0.15, 0.2) is 0 Å². The molecule has 0 aromatic heterocycles. The quantitative estimate of drug-likeness (QED) is 0.899. The maximum Gasteiger partial charge on any atom is 0.416 e. The zero-order chi connectivity index (χ0) is 17.0. The van der Waals surface area contributed by atoms with Gasteiger partial charge < -0.3 is 10.0 Å². The van der Waals surface area contributed by atoms with Crippen LogP contribution in [0, 0.1) is 6.92 Å². The van der Waals surface area contributed by atoms with E-state index in [2.05, 4.69) is 16.8 Å². The molecule has 0 atom stereocenters.